The number of carbonyl (C=O) groups is 1. The van der Waals surface area contributed by atoms with Gasteiger partial charge >= 0.3 is 0 Å². The molecule has 0 atom stereocenters. The van der Waals surface area contributed by atoms with Gasteiger partial charge in [-0.1, -0.05) is 6.58 Å². The van der Waals surface area contributed by atoms with Gasteiger partial charge in [0.2, 0.25) is 5.91 Å². The average molecular weight is 234 g/mol. The maximum Gasteiger partial charge on any atom is 0.216 e. The SMILES string of the molecule is C=C(CCNC(C)=O)c1cc(O)ccc1NC. The average Bonchev–Trinajstić information content (AvgIpc) is 2.28. The number of rotatable bonds is 5. The Morgan fingerprint density at radius 1 is 1.47 bits per heavy atom. The molecule has 0 spiro atoms. The first-order chi connectivity index (χ1) is 8.04. The third-order valence-corrected chi connectivity index (χ3v) is 2.45. The largest absolute Gasteiger partial charge is 0.508 e. The summed E-state index contributed by atoms with van der Waals surface area (Å²) in [5.74, 6) is 0.155. The molecule has 0 radical (unpaired) electrons. The predicted octanol–water partition coefficient (Wildman–Crippen LogP) is 1.97. The molecule has 0 bridgehead atoms. The van der Waals surface area contributed by atoms with E-state index in [4.69, 9.17) is 0 Å². The van der Waals surface area contributed by atoms with Crippen molar-refractivity contribution in [3.05, 3.63) is 30.3 Å². The Kier molecular flexibility index (Phi) is 4.57. The van der Waals surface area contributed by atoms with Gasteiger partial charge in [0.1, 0.15) is 5.75 Å². The number of benzene rings is 1. The quantitative estimate of drug-likeness (QED) is 0.683. The van der Waals surface area contributed by atoms with E-state index < -0.39 is 0 Å². The molecule has 4 nitrogen and oxygen atoms in total. The summed E-state index contributed by atoms with van der Waals surface area (Å²) < 4.78 is 0. The lowest BCUT2D eigenvalue weighted by molar-refractivity contribution is -0.118. The highest BCUT2D eigenvalue weighted by Gasteiger charge is 2.06. The minimum Gasteiger partial charge on any atom is -0.508 e. The molecule has 0 unspecified atom stereocenters. The molecule has 17 heavy (non-hydrogen) atoms. The van der Waals surface area contributed by atoms with Gasteiger partial charge < -0.3 is 15.7 Å². The van der Waals surface area contributed by atoms with Crippen LogP contribution in [0.25, 0.3) is 5.57 Å². The third-order valence-electron chi connectivity index (χ3n) is 2.45. The minimum absolute atomic E-state index is 0.0532. The number of anilines is 1. The van der Waals surface area contributed by atoms with Crippen LogP contribution in [0, 0.1) is 0 Å². The van der Waals surface area contributed by atoms with Crippen LogP contribution < -0.4 is 10.6 Å². The van der Waals surface area contributed by atoms with Crippen molar-refractivity contribution >= 4 is 17.2 Å². The van der Waals surface area contributed by atoms with Gasteiger partial charge in [-0.25, -0.2) is 0 Å². The van der Waals surface area contributed by atoms with Crippen molar-refractivity contribution in [3.63, 3.8) is 0 Å². The number of phenols is 1. The number of hydrogen-bond donors (Lipinski definition) is 3. The van der Waals surface area contributed by atoms with Crippen molar-refractivity contribution < 1.29 is 9.90 Å². The summed E-state index contributed by atoms with van der Waals surface area (Å²) in [5, 5.41) is 15.2. The molecule has 0 saturated heterocycles. The van der Waals surface area contributed by atoms with Crippen LogP contribution in [0.1, 0.15) is 18.9 Å². The summed E-state index contributed by atoms with van der Waals surface area (Å²) in [5.41, 5.74) is 2.66. The molecule has 3 N–H and O–H groups in total. The van der Waals surface area contributed by atoms with Crippen LogP contribution in [-0.2, 0) is 4.79 Å². The lowest BCUT2D eigenvalue weighted by Gasteiger charge is -2.12. The van der Waals surface area contributed by atoms with Gasteiger partial charge in [0.15, 0.2) is 0 Å². The molecule has 4 heteroatoms. The van der Waals surface area contributed by atoms with Crippen LogP contribution >= 0.6 is 0 Å². The summed E-state index contributed by atoms with van der Waals surface area (Å²) in [6.45, 7) is 6.00. The topological polar surface area (TPSA) is 61.4 Å². The van der Waals surface area contributed by atoms with Crippen LogP contribution in [0.15, 0.2) is 24.8 Å². The normalized spacial score (nSPS) is 9.76. The molecule has 0 aliphatic heterocycles. The number of amides is 1. The predicted molar refractivity (Wildman–Crippen MR) is 70.0 cm³/mol. The summed E-state index contributed by atoms with van der Waals surface area (Å²) in [6.07, 6.45) is 0.651. The van der Waals surface area contributed by atoms with Crippen molar-refractivity contribution in [2.75, 3.05) is 18.9 Å². The van der Waals surface area contributed by atoms with Gasteiger partial charge in [-0.3, -0.25) is 4.79 Å². The smallest absolute Gasteiger partial charge is 0.216 e. The highest BCUT2D eigenvalue weighted by Crippen LogP contribution is 2.28. The Morgan fingerprint density at radius 2 is 2.18 bits per heavy atom. The highest BCUT2D eigenvalue weighted by molar-refractivity contribution is 5.77. The van der Waals surface area contributed by atoms with Crippen LogP contribution in [0.2, 0.25) is 0 Å². The number of carbonyl (C=O) groups excluding carboxylic acids is 1. The summed E-state index contributed by atoms with van der Waals surface area (Å²) >= 11 is 0. The van der Waals surface area contributed by atoms with Crippen molar-refractivity contribution in [3.8, 4) is 5.75 Å². The maximum atomic E-state index is 10.7. The van der Waals surface area contributed by atoms with Crippen molar-refractivity contribution in [2.45, 2.75) is 13.3 Å². The first-order valence-corrected chi connectivity index (χ1v) is 5.48. The molecule has 0 aliphatic carbocycles. The first kappa shape index (κ1) is 13.1. The minimum atomic E-state index is -0.0532. The van der Waals surface area contributed by atoms with E-state index in [0.29, 0.717) is 13.0 Å². The summed E-state index contributed by atoms with van der Waals surface area (Å²) in [7, 11) is 1.82. The van der Waals surface area contributed by atoms with Crippen LogP contribution in [0.4, 0.5) is 5.69 Å². The fourth-order valence-corrected chi connectivity index (χ4v) is 1.57. The van der Waals surface area contributed by atoms with Crippen LogP contribution in [-0.4, -0.2) is 24.6 Å². The van der Waals surface area contributed by atoms with Gasteiger partial charge in [0.25, 0.3) is 0 Å². The van der Waals surface area contributed by atoms with Gasteiger partial charge in [0.05, 0.1) is 0 Å². The number of phenolic OH excluding ortho intramolecular Hbond substituents is 1. The zero-order valence-corrected chi connectivity index (χ0v) is 10.2. The van der Waals surface area contributed by atoms with Gasteiger partial charge in [-0.15, -0.1) is 0 Å². The van der Waals surface area contributed by atoms with Crippen LogP contribution in [0.5, 0.6) is 5.75 Å². The molecule has 0 aliphatic rings. The Balaban J connectivity index is 2.73. The highest BCUT2D eigenvalue weighted by atomic mass is 16.3. The Hall–Kier alpha value is -1.97. The molecule has 1 amide bonds. The fourth-order valence-electron chi connectivity index (χ4n) is 1.57. The molecule has 92 valence electrons. The Morgan fingerprint density at radius 3 is 2.76 bits per heavy atom. The maximum absolute atomic E-state index is 10.7. The van der Waals surface area contributed by atoms with E-state index in [1.54, 1.807) is 18.2 Å². The monoisotopic (exact) mass is 234 g/mol. The van der Waals surface area contributed by atoms with E-state index >= 15 is 0 Å². The summed E-state index contributed by atoms with van der Waals surface area (Å²) in [4.78, 5) is 10.7. The molecule has 1 rings (SSSR count). The molecular weight excluding hydrogens is 216 g/mol. The van der Waals surface area contributed by atoms with Gasteiger partial charge in [0, 0.05) is 31.8 Å². The van der Waals surface area contributed by atoms with E-state index in [1.165, 1.54) is 6.92 Å². The molecular formula is C13H18N2O2. The zero-order valence-electron chi connectivity index (χ0n) is 10.2. The second-order valence-corrected chi connectivity index (χ2v) is 3.82. The van der Waals surface area contributed by atoms with Gasteiger partial charge in [-0.2, -0.15) is 0 Å². The molecule has 1 aromatic carbocycles. The van der Waals surface area contributed by atoms with Crippen molar-refractivity contribution in [1.82, 2.24) is 5.32 Å². The Bertz CT molecular complexity index is 427. The lowest BCUT2D eigenvalue weighted by Crippen LogP contribution is -2.21. The third kappa shape index (κ3) is 3.83. The van der Waals surface area contributed by atoms with Crippen molar-refractivity contribution in [1.29, 1.82) is 0 Å². The molecule has 0 aromatic heterocycles. The zero-order chi connectivity index (χ0) is 12.8. The first-order valence-electron chi connectivity index (χ1n) is 5.48. The van der Waals surface area contributed by atoms with Crippen molar-refractivity contribution in [2.24, 2.45) is 0 Å². The molecule has 1 aromatic rings. The van der Waals surface area contributed by atoms with E-state index in [1.807, 2.05) is 7.05 Å². The number of hydrogen-bond acceptors (Lipinski definition) is 3. The molecule has 0 saturated carbocycles. The van der Waals surface area contributed by atoms with E-state index in [0.717, 1.165) is 16.8 Å². The van der Waals surface area contributed by atoms with E-state index in [2.05, 4.69) is 17.2 Å². The lowest BCUT2D eigenvalue weighted by atomic mass is 10.0. The standard InChI is InChI=1S/C13H18N2O2/c1-9(6-7-15-10(2)16)12-8-11(17)4-5-13(12)14-3/h4-5,8,14,17H,1,6-7H2,2-3H3,(H,15,16). The fraction of sp³-hybridized carbons (Fsp3) is 0.308. The molecule has 0 fully saturated rings. The second kappa shape index (κ2) is 5.94. The van der Waals surface area contributed by atoms with Crippen LogP contribution in [0.3, 0.4) is 0 Å². The number of nitrogens with one attached hydrogen (secondary N) is 2. The molecule has 0 heterocycles. The number of aromatic hydroxyl groups is 1. The Labute approximate surface area is 101 Å². The summed E-state index contributed by atoms with van der Waals surface area (Å²) in [6, 6.07) is 5.09. The second-order valence-electron chi connectivity index (χ2n) is 3.82. The van der Waals surface area contributed by atoms with E-state index in [9.17, 15) is 9.90 Å². The van der Waals surface area contributed by atoms with Gasteiger partial charge in [-0.05, 0) is 30.2 Å². The van der Waals surface area contributed by atoms with E-state index in [-0.39, 0.29) is 11.7 Å².